The normalized spacial score (nSPS) is 19.3. The number of nitrogens with one attached hydrogen (secondary N) is 2. The highest BCUT2D eigenvalue weighted by atomic mass is 16.5. The van der Waals surface area contributed by atoms with Gasteiger partial charge in [-0.15, -0.1) is 0 Å². The Morgan fingerprint density at radius 2 is 1.81 bits per heavy atom. The number of nitrogens with zero attached hydrogens (tertiary/aromatic N) is 7. The summed E-state index contributed by atoms with van der Waals surface area (Å²) in [7, 11) is 5.77. The van der Waals surface area contributed by atoms with E-state index in [1.165, 1.54) is 24.4 Å². The molecule has 240 valence electrons. The van der Waals surface area contributed by atoms with E-state index in [1.807, 2.05) is 36.1 Å². The molecule has 2 aliphatic heterocycles. The molecule has 1 saturated carbocycles. The van der Waals surface area contributed by atoms with Crippen LogP contribution in [0.4, 0.5) is 23.0 Å². The van der Waals surface area contributed by atoms with Crippen LogP contribution in [0.1, 0.15) is 18.9 Å². The summed E-state index contributed by atoms with van der Waals surface area (Å²) in [5.41, 5.74) is 7.13. The molecule has 5 aromatic rings. The third-order valence-electron chi connectivity index (χ3n) is 9.84. The van der Waals surface area contributed by atoms with E-state index >= 15 is 0 Å². The van der Waals surface area contributed by atoms with Gasteiger partial charge in [0.25, 0.3) is 0 Å². The lowest BCUT2D eigenvalue weighted by molar-refractivity contribution is -0.111. The van der Waals surface area contributed by atoms with Crippen LogP contribution in [-0.4, -0.2) is 75.5 Å². The summed E-state index contributed by atoms with van der Waals surface area (Å²) in [6.07, 6.45) is 9.52. The molecule has 3 fully saturated rings. The van der Waals surface area contributed by atoms with Crippen molar-refractivity contribution in [3.63, 3.8) is 0 Å². The molecule has 2 atom stereocenters. The minimum atomic E-state index is -0.271. The van der Waals surface area contributed by atoms with Gasteiger partial charge in [-0.05, 0) is 56.0 Å². The Kier molecular flexibility index (Phi) is 7.20. The number of amides is 1. The topological polar surface area (TPSA) is 105 Å². The predicted molar refractivity (Wildman–Crippen MR) is 185 cm³/mol. The molecule has 3 aliphatic rings. The van der Waals surface area contributed by atoms with Gasteiger partial charge in [0, 0.05) is 86.0 Å². The molecule has 8 rings (SSSR count). The summed E-state index contributed by atoms with van der Waals surface area (Å²) >= 11 is 0. The van der Waals surface area contributed by atoms with E-state index in [2.05, 4.69) is 74.2 Å². The monoisotopic (exact) mass is 629 g/mol. The van der Waals surface area contributed by atoms with Gasteiger partial charge in [0.2, 0.25) is 11.9 Å². The standard InChI is InChI=1S/C36H39N9O2/c1-5-34(46)39-28-14-29(33(47-4)15-32(28)44-19-22-17-42(2)18-23(22)20-44)40-36-37-16-26(30-12-13-38-43(30)3)35(41-36)27-21-45(24-10-11-24)31-9-7-6-8-25(27)31/h5-9,12-16,21-24H,1,10-11,17-20H2,2-4H3,(H,39,46)(H,37,40,41)/t22-,23+. The number of likely N-dealkylation sites (tertiary alicyclic amines) is 1. The van der Waals surface area contributed by atoms with E-state index in [0.717, 1.165) is 59.8 Å². The summed E-state index contributed by atoms with van der Waals surface area (Å²) in [5, 5.41) is 12.0. The Balaban J connectivity index is 1.21. The lowest BCUT2D eigenvalue weighted by atomic mass is 10.0. The maximum Gasteiger partial charge on any atom is 0.247 e. The average molecular weight is 630 g/mol. The van der Waals surface area contributed by atoms with E-state index in [4.69, 9.17) is 14.7 Å². The highest BCUT2D eigenvalue weighted by Gasteiger charge is 2.39. The van der Waals surface area contributed by atoms with E-state index in [1.54, 1.807) is 13.3 Å². The van der Waals surface area contributed by atoms with Crippen molar-refractivity contribution in [2.45, 2.75) is 18.9 Å². The van der Waals surface area contributed by atoms with Gasteiger partial charge in [-0.2, -0.15) is 5.10 Å². The summed E-state index contributed by atoms with van der Waals surface area (Å²) in [4.78, 5) is 27.3. The highest BCUT2D eigenvalue weighted by Crippen LogP contribution is 2.44. The van der Waals surface area contributed by atoms with Gasteiger partial charge in [0.15, 0.2) is 0 Å². The van der Waals surface area contributed by atoms with E-state index < -0.39 is 0 Å². The maximum atomic E-state index is 12.6. The quantitative estimate of drug-likeness (QED) is 0.200. The van der Waals surface area contributed by atoms with Crippen LogP contribution in [0.5, 0.6) is 5.75 Å². The van der Waals surface area contributed by atoms with E-state index in [-0.39, 0.29) is 5.91 Å². The fourth-order valence-corrected chi connectivity index (χ4v) is 7.45. The largest absolute Gasteiger partial charge is 0.494 e. The number of benzene rings is 2. The average Bonchev–Trinajstić information content (AvgIpc) is 3.34. The molecule has 0 unspecified atom stereocenters. The van der Waals surface area contributed by atoms with Crippen LogP contribution in [0.3, 0.4) is 0 Å². The number of carbonyl (C=O) groups excluding carboxylic acids is 1. The second kappa shape index (κ2) is 11.6. The predicted octanol–water partition coefficient (Wildman–Crippen LogP) is 5.71. The molecule has 47 heavy (non-hydrogen) atoms. The fourth-order valence-electron chi connectivity index (χ4n) is 7.45. The van der Waals surface area contributed by atoms with Crippen molar-refractivity contribution in [2.24, 2.45) is 18.9 Å². The molecule has 11 nitrogen and oxygen atoms in total. The minimum absolute atomic E-state index is 0.271. The van der Waals surface area contributed by atoms with Gasteiger partial charge in [0.05, 0.1) is 35.6 Å². The maximum absolute atomic E-state index is 12.6. The molecule has 0 bridgehead atoms. The molecular formula is C36H39N9O2. The Morgan fingerprint density at radius 3 is 2.51 bits per heavy atom. The number of hydrogen-bond donors (Lipinski definition) is 2. The van der Waals surface area contributed by atoms with Crippen molar-refractivity contribution in [1.82, 2.24) is 29.2 Å². The zero-order valence-corrected chi connectivity index (χ0v) is 27.0. The zero-order chi connectivity index (χ0) is 32.2. The van der Waals surface area contributed by atoms with Gasteiger partial charge < -0.3 is 29.7 Å². The summed E-state index contributed by atoms with van der Waals surface area (Å²) in [6, 6.07) is 14.9. The van der Waals surface area contributed by atoms with Crippen LogP contribution in [0, 0.1) is 11.8 Å². The summed E-state index contributed by atoms with van der Waals surface area (Å²) < 4.78 is 10.1. The van der Waals surface area contributed by atoms with Crippen LogP contribution in [0.25, 0.3) is 33.4 Å². The Bertz CT molecular complexity index is 1990. The Labute approximate surface area is 273 Å². The van der Waals surface area contributed by atoms with Gasteiger partial charge in [0.1, 0.15) is 5.75 Å². The lowest BCUT2D eigenvalue weighted by Crippen LogP contribution is -2.27. The molecule has 5 heterocycles. The molecule has 0 spiro atoms. The number of para-hydroxylation sites is 1. The number of rotatable bonds is 9. The fraction of sp³-hybridized carbons (Fsp3) is 0.333. The zero-order valence-electron chi connectivity index (χ0n) is 27.0. The summed E-state index contributed by atoms with van der Waals surface area (Å²) in [5.74, 6) is 1.98. The lowest BCUT2D eigenvalue weighted by Gasteiger charge is -2.26. The second-order valence-electron chi connectivity index (χ2n) is 13.0. The number of hydrogen-bond acceptors (Lipinski definition) is 8. The van der Waals surface area contributed by atoms with Crippen LogP contribution >= 0.6 is 0 Å². The SMILES string of the molecule is C=CC(=O)Nc1cc(Nc2ncc(-c3ccnn3C)c(-c3cn(C4CC4)c4ccccc34)n2)c(OC)cc1N1C[C@H]2CN(C)C[C@H]2C1. The smallest absolute Gasteiger partial charge is 0.247 e. The Morgan fingerprint density at radius 1 is 1.02 bits per heavy atom. The first-order chi connectivity index (χ1) is 22.9. The van der Waals surface area contributed by atoms with E-state index in [9.17, 15) is 4.79 Å². The number of ether oxygens (including phenoxy) is 1. The first-order valence-corrected chi connectivity index (χ1v) is 16.2. The van der Waals surface area contributed by atoms with E-state index in [0.29, 0.717) is 41.0 Å². The van der Waals surface area contributed by atoms with Crippen LogP contribution < -0.4 is 20.3 Å². The molecule has 3 aromatic heterocycles. The number of aromatic nitrogens is 5. The first kappa shape index (κ1) is 29.3. The second-order valence-corrected chi connectivity index (χ2v) is 13.0. The Hall–Kier alpha value is -5.16. The number of methoxy groups -OCH3 is 1. The molecule has 2 aromatic carbocycles. The van der Waals surface area contributed by atoms with Crippen molar-refractivity contribution < 1.29 is 9.53 Å². The third kappa shape index (κ3) is 5.30. The molecule has 1 aliphatic carbocycles. The first-order valence-electron chi connectivity index (χ1n) is 16.2. The van der Waals surface area contributed by atoms with Crippen LogP contribution in [0.2, 0.25) is 0 Å². The van der Waals surface area contributed by atoms with Gasteiger partial charge in [-0.25, -0.2) is 9.97 Å². The van der Waals surface area contributed by atoms with Crippen molar-refractivity contribution in [3.8, 4) is 28.3 Å². The highest BCUT2D eigenvalue weighted by molar-refractivity contribution is 6.02. The van der Waals surface area contributed by atoms with Crippen molar-refractivity contribution in [1.29, 1.82) is 0 Å². The molecule has 1 amide bonds. The number of anilines is 4. The minimum Gasteiger partial charge on any atom is -0.494 e. The molecule has 0 radical (unpaired) electrons. The van der Waals surface area contributed by atoms with Gasteiger partial charge in [-0.1, -0.05) is 24.8 Å². The van der Waals surface area contributed by atoms with Crippen LogP contribution in [-0.2, 0) is 11.8 Å². The number of carbonyl (C=O) groups is 1. The van der Waals surface area contributed by atoms with Crippen molar-refractivity contribution in [3.05, 3.63) is 73.7 Å². The molecule has 11 heteroatoms. The van der Waals surface area contributed by atoms with Crippen LogP contribution in [0.15, 0.2) is 73.7 Å². The van der Waals surface area contributed by atoms with Gasteiger partial charge in [-0.3, -0.25) is 9.48 Å². The summed E-state index contributed by atoms with van der Waals surface area (Å²) in [6.45, 7) is 7.70. The third-order valence-corrected chi connectivity index (χ3v) is 9.84. The number of aryl methyl sites for hydroxylation is 1. The molecule has 2 saturated heterocycles. The van der Waals surface area contributed by atoms with Gasteiger partial charge >= 0.3 is 0 Å². The molecular weight excluding hydrogens is 590 g/mol. The van der Waals surface area contributed by atoms with Crippen molar-refractivity contribution >= 4 is 39.8 Å². The van der Waals surface area contributed by atoms with Crippen molar-refractivity contribution in [2.75, 3.05) is 55.9 Å². The molecule has 2 N–H and O–H groups in total. The number of fused-ring (bicyclic) bond motifs is 2.